The van der Waals surface area contributed by atoms with Crippen LogP contribution in [0.15, 0.2) is 10.5 Å². The van der Waals surface area contributed by atoms with Gasteiger partial charge in [0.05, 0.1) is 3.57 Å². The number of amides is 1. The first-order valence-electron chi connectivity index (χ1n) is 3.37. The number of hydrogen-bond donors (Lipinski definition) is 1. The maximum Gasteiger partial charge on any atom is 0.280 e. The zero-order valence-electron chi connectivity index (χ0n) is 6.60. The highest BCUT2D eigenvalue weighted by Crippen LogP contribution is 2.26. The summed E-state index contributed by atoms with van der Waals surface area (Å²) in [5.41, 5.74) is 4.37. The Morgan fingerprint density at radius 3 is 2.64 bits per heavy atom. The molecule has 0 aliphatic rings. The first-order chi connectivity index (χ1) is 6.43. The summed E-state index contributed by atoms with van der Waals surface area (Å²) in [5.74, 6) is -0.822. The molecule has 0 atom stereocenters. The van der Waals surface area contributed by atoms with E-state index in [2.05, 4.69) is 20.9 Å². The summed E-state index contributed by atoms with van der Waals surface area (Å²) < 4.78 is 25.4. The number of hydrogen-bond acceptors (Lipinski definition) is 2. The predicted octanol–water partition coefficient (Wildman–Crippen LogP) is 2.49. The number of alkyl halides is 2. The topological polar surface area (TPSA) is 56.0 Å². The van der Waals surface area contributed by atoms with Gasteiger partial charge < -0.3 is 5.73 Å². The SMILES string of the molecule is NC(=O)c1nc(C(F)F)cc(Br)c1I. The van der Waals surface area contributed by atoms with Gasteiger partial charge in [0.1, 0.15) is 11.4 Å². The molecule has 1 rings (SSSR count). The number of nitrogens with zero attached hydrogens (tertiary/aromatic N) is 1. The molecule has 1 aromatic rings. The Bertz CT molecular complexity index is 386. The molecule has 0 spiro atoms. The molecular weight excluding hydrogens is 373 g/mol. The van der Waals surface area contributed by atoms with Crippen molar-refractivity contribution in [1.29, 1.82) is 0 Å². The number of carbonyl (C=O) groups excluding carboxylic acids is 1. The predicted molar refractivity (Wildman–Crippen MR) is 58.1 cm³/mol. The summed E-state index contributed by atoms with van der Waals surface area (Å²) in [5, 5.41) is 0. The molecule has 7 heteroatoms. The molecule has 3 nitrogen and oxygen atoms in total. The molecule has 1 aromatic heterocycles. The molecule has 0 saturated heterocycles. The zero-order chi connectivity index (χ0) is 10.9. The monoisotopic (exact) mass is 376 g/mol. The lowest BCUT2D eigenvalue weighted by atomic mass is 10.3. The Morgan fingerprint density at radius 2 is 2.21 bits per heavy atom. The number of carbonyl (C=O) groups is 1. The minimum absolute atomic E-state index is 0.143. The highest BCUT2D eigenvalue weighted by molar-refractivity contribution is 14.1. The van der Waals surface area contributed by atoms with Gasteiger partial charge in [0, 0.05) is 4.47 Å². The van der Waals surface area contributed by atoms with Crippen LogP contribution in [0.1, 0.15) is 22.6 Å². The van der Waals surface area contributed by atoms with Gasteiger partial charge in [-0.3, -0.25) is 4.79 Å². The van der Waals surface area contributed by atoms with Crippen molar-refractivity contribution in [2.75, 3.05) is 0 Å². The standard InChI is InChI=1S/C7H4BrF2IN2O/c8-2-1-3(6(9)10)13-5(4(2)11)7(12)14/h1,6H,(H2,12,14). The van der Waals surface area contributed by atoms with Crippen molar-refractivity contribution >= 4 is 44.4 Å². The largest absolute Gasteiger partial charge is 0.364 e. The van der Waals surface area contributed by atoms with Crippen molar-refractivity contribution in [3.8, 4) is 0 Å². The molecule has 76 valence electrons. The molecule has 0 aliphatic heterocycles. The van der Waals surface area contributed by atoms with Crippen LogP contribution in [0.4, 0.5) is 8.78 Å². The Labute approximate surface area is 100 Å². The minimum atomic E-state index is -2.72. The highest BCUT2D eigenvalue weighted by Gasteiger charge is 2.17. The normalized spacial score (nSPS) is 10.6. The number of rotatable bonds is 2. The molecular formula is C7H4BrF2IN2O. The van der Waals surface area contributed by atoms with E-state index in [1.54, 1.807) is 22.6 Å². The highest BCUT2D eigenvalue weighted by atomic mass is 127. The van der Waals surface area contributed by atoms with Crippen molar-refractivity contribution < 1.29 is 13.6 Å². The van der Waals surface area contributed by atoms with Gasteiger partial charge in [0.2, 0.25) is 0 Å². The van der Waals surface area contributed by atoms with E-state index < -0.39 is 18.0 Å². The van der Waals surface area contributed by atoms with Crippen molar-refractivity contribution in [2.24, 2.45) is 5.73 Å². The van der Waals surface area contributed by atoms with E-state index in [0.717, 1.165) is 0 Å². The van der Waals surface area contributed by atoms with Crippen LogP contribution in [0.3, 0.4) is 0 Å². The molecule has 14 heavy (non-hydrogen) atoms. The second-order valence-corrected chi connectivity index (χ2v) is 4.29. The lowest BCUT2D eigenvalue weighted by Gasteiger charge is -2.05. The van der Waals surface area contributed by atoms with Gasteiger partial charge in [0.15, 0.2) is 0 Å². The third-order valence-corrected chi connectivity index (χ3v) is 3.85. The van der Waals surface area contributed by atoms with Gasteiger partial charge in [0.25, 0.3) is 12.3 Å². The Morgan fingerprint density at radius 1 is 1.64 bits per heavy atom. The summed E-state index contributed by atoms with van der Waals surface area (Å²) in [7, 11) is 0. The van der Waals surface area contributed by atoms with Crippen LogP contribution < -0.4 is 5.73 Å². The molecule has 0 unspecified atom stereocenters. The van der Waals surface area contributed by atoms with Crippen molar-refractivity contribution in [1.82, 2.24) is 4.98 Å². The van der Waals surface area contributed by atoms with Gasteiger partial charge in [-0.1, -0.05) is 0 Å². The Kier molecular flexibility index (Phi) is 3.76. The summed E-state index contributed by atoms with van der Waals surface area (Å²) in [4.78, 5) is 14.3. The second kappa shape index (κ2) is 4.47. The Balaban J connectivity index is 3.35. The summed E-state index contributed by atoms with van der Waals surface area (Å²) >= 11 is 4.85. The lowest BCUT2D eigenvalue weighted by Crippen LogP contribution is -2.16. The van der Waals surface area contributed by atoms with Crippen LogP contribution in [0.5, 0.6) is 0 Å². The molecule has 0 radical (unpaired) electrons. The van der Waals surface area contributed by atoms with Crippen LogP contribution in [0.25, 0.3) is 0 Å². The van der Waals surface area contributed by atoms with E-state index in [1.807, 2.05) is 0 Å². The molecule has 0 aromatic carbocycles. The molecule has 1 heterocycles. The smallest absolute Gasteiger partial charge is 0.280 e. The van der Waals surface area contributed by atoms with E-state index in [9.17, 15) is 13.6 Å². The number of nitrogens with two attached hydrogens (primary N) is 1. The van der Waals surface area contributed by atoms with E-state index in [-0.39, 0.29) is 5.69 Å². The maximum atomic E-state index is 12.3. The third kappa shape index (κ3) is 2.38. The fourth-order valence-electron chi connectivity index (χ4n) is 0.792. The van der Waals surface area contributed by atoms with Crippen molar-refractivity contribution in [3.05, 3.63) is 25.5 Å². The van der Waals surface area contributed by atoms with Gasteiger partial charge in [-0.25, -0.2) is 13.8 Å². The van der Waals surface area contributed by atoms with Crippen LogP contribution in [-0.4, -0.2) is 10.9 Å². The minimum Gasteiger partial charge on any atom is -0.364 e. The fourth-order valence-corrected chi connectivity index (χ4v) is 1.76. The third-order valence-electron chi connectivity index (χ3n) is 1.39. The summed E-state index contributed by atoms with van der Waals surface area (Å²) in [6.07, 6.45) is -2.72. The second-order valence-electron chi connectivity index (χ2n) is 2.36. The van der Waals surface area contributed by atoms with E-state index in [4.69, 9.17) is 5.73 Å². The Hall–Kier alpha value is -0.310. The van der Waals surface area contributed by atoms with Gasteiger partial charge in [-0.15, -0.1) is 0 Å². The number of aromatic nitrogens is 1. The number of primary amides is 1. The van der Waals surface area contributed by atoms with Crippen LogP contribution in [0, 0.1) is 3.57 Å². The van der Waals surface area contributed by atoms with Gasteiger partial charge >= 0.3 is 0 Å². The van der Waals surface area contributed by atoms with Crippen LogP contribution in [0.2, 0.25) is 0 Å². The lowest BCUT2D eigenvalue weighted by molar-refractivity contribution is 0.0992. The van der Waals surface area contributed by atoms with E-state index in [0.29, 0.717) is 8.04 Å². The van der Waals surface area contributed by atoms with Gasteiger partial charge in [-0.2, -0.15) is 0 Å². The summed E-state index contributed by atoms with van der Waals surface area (Å²) in [6, 6.07) is 1.17. The molecule has 2 N–H and O–H groups in total. The number of pyridine rings is 1. The van der Waals surface area contributed by atoms with Crippen molar-refractivity contribution in [2.45, 2.75) is 6.43 Å². The number of halogens is 4. The van der Waals surface area contributed by atoms with E-state index in [1.165, 1.54) is 6.07 Å². The first-order valence-corrected chi connectivity index (χ1v) is 5.24. The molecule has 0 fully saturated rings. The summed E-state index contributed by atoms with van der Waals surface area (Å²) in [6.45, 7) is 0. The van der Waals surface area contributed by atoms with Crippen LogP contribution >= 0.6 is 38.5 Å². The van der Waals surface area contributed by atoms with E-state index >= 15 is 0 Å². The molecule has 0 saturated carbocycles. The fraction of sp³-hybridized carbons (Fsp3) is 0.143. The van der Waals surface area contributed by atoms with Crippen LogP contribution in [-0.2, 0) is 0 Å². The molecule has 1 amide bonds. The first kappa shape index (κ1) is 11.8. The zero-order valence-corrected chi connectivity index (χ0v) is 10.3. The average molecular weight is 377 g/mol. The quantitative estimate of drug-likeness (QED) is 0.806. The average Bonchev–Trinajstić information content (AvgIpc) is 2.08. The maximum absolute atomic E-state index is 12.3. The molecule has 0 bridgehead atoms. The molecule has 0 aliphatic carbocycles. The van der Waals surface area contributed by atoms with Crippen molar-refractivity contribution in [3.63, 3.8) is 0 Å². The van der Waals surface area contributed by atoms with Gasteiger partial charge in [-0.05, 0) is 44.6 Å².